The van der Waals surface area contributed by atoms with Gasteiger partial charge in [0, 0.05) is 5.54 Å². The number of hydrogen-bond acceptors (Lipinski definition) is 2. The molecule has 96 valence electrons. The molecule has 0 amide bonds. The van der Waals surface area contributed by atoms with Crippen molar-refractivity contribution in [2.24, 2.45) is 5.92 Å². The van der Waals surface area contributed by atoms with E-state index in [1.807, 2.05) is 0 Å². The molecule has 1 heterocycles. The van der Waals surface area contributed by atoms with E-state index in [-0.39, 0.29) is 0 Å². The van der Waals surface area contributed by atoms with Crippen LogP contribution in [0.2, 0.25) is 0 Å². The molecule has 2 nitrogen and oxygen atoms in total. The Morgan fingerprint density at radius 1 is 1.19 bits per heavy atom. The molecular formula is C14H30N2. The maximum atomic E-state index is 3.79. The molecule has 0 aromatic heterocycles. The highest BCUT2D eigenvalue weighted by atomic mass is 15.0. The second kappa shape index (κ2) is 7.29. The Kier molecular flexibility index (Phi) is 6.37. The number of hydrogen-bond donors (Lipinski definition) is 2. The summed E-state index contributed by atoms with van der Waals surface area (Å²) in [5.74, 6) is 0.945. The summed E-state index contributed by atoms with van der Waals surface area (Å²) in [6.45, 7) is 10.6. The van der Waals surface area contributed by atoms with Crippen molar-refractivity contribution < 1.29 is 0 Å². The van der Waals surface area contributed by atoms with Crippen LogP contribution in [0.5, 0.6) is 0 Å². The lowest BCUT2D eigenvalue weighted by Gasteiger charge is -2.32. The van der Waals surface area contributed by atoms with Gasteiger partial charge in [0.25, 0.3) is 0 Å². The zero-order valence-corrected chi connectivity index (χ0v) is 11.4. The molecule has 16 heavy (non-hydrogen) atoms. The molecular weight excluding hydrogens is 196 g/mol. The lowest BCUT2D eigenvalue weighted by atomic mass is 9.89. The standard InChI is InChI=1S/C14H30N2/c1-4-14(5-2,6-3)16-10-7-8-13-9-11-15-12-13/h13,15-16H,4-12H2,1-3H3. The molecule has 1 fully saturated rings. The Balaban J connectivity index is 2.12. The van der Waals surface area contributed by atoms with Crippen LogP contribution in [-0.2, 0) is 0 Å². The Hall–Kier alpha value is -0.0800. The van der Waals surface area contributed by atoms with Crippen LogP contribution in [-0.4, -0.2) is 25.2 Å². The predicted molar refractivity (Wildman–Crippen MR) is 71.8 cm³/mol. The van der Waals surface area contributed by atoms with Crippen LogP contribution in [0.3, 0.4) is 0 Å². The maximum Gasteiger partial charge on any atom is 0.0173 e. The summed E-state index contributed by atoms with van der Waals surface area (Å²) in [5.41, 5.74) is 0.411. The van der Waals surface area contributed by atoms with Crippen molar-refractivity contribution >= 4 is 0 Å². The first-order valence-corrected chi connectivity index (χ1v) is 7.22. The highest BCUT2D eigenvalue weighted by Crippen LogP contribution is 2.20. The molecule has 1 saturated heterocycles. The minimum Gasteiger partial charge on any atom is -0.316 e. The SMILES string of the molecule is CCC(CC)(CC)NCCCC1CCNC1. The molecule has 1 aliphatic heterocycles. The van der Waals surface area contributed by atoms with Gasteiger partial charge in [-0.1, -0.05) is 20.8 Å². The van der Waals surface area contributed by atoms with Crippen molar-refractivity contribution in [1.82, 2.24) is 10.6 Å². The van der Waals surface area contributed by atoms with Crippen molar-refractivity contribution in [2.75, 3.05) is 19.6 Å². The number of nitrogens with one attached hydrogen (secondary N) is 2. The zero-order chi connectivity index (χ0) is 11.9. The average Bonchev–Trinajstić information content (AvgIpc) is 2.83. The Morgan fingerprint density at radius 3 is 2.38 bits per heavy atom. The first-order valence-electron chi connectivity index (χ1n) is 7.22. The lowest BCUT2D eigenvalue weighted by Crippen LogP contribution is -2.44. The molecule has 1 unspecified atom stereocenters. The van der Waals surface area contributed by atoms with Crippen LogP contribution in [0, 0.1) is 5.92 Å². The topological polar surface area (TPSA) is 24.1 Å². The van der Waals surface area contributed by atoms with Gasteiger partial charge in [0.15, 0.2) is 0 Å². The van der Waals surface area contributed by atoms with Crippen molar-refractivity contribution in [3.63, 3.8) is 0 Å². The van der Waals surface area contributed by atoms with E-state index in [9.17, 15) is 0 Å². The van der Waals surface area contributed by atoms with Gasteiger partial charge >= 0.3 is 0 Å². The van der Waals surface area contributed by atoms with Gasteiger partial charge in [-0.05, 0) is 64.1 Å². The summed E-state index contributed by atoms with van der Waals surface area (Å²) in [5, 5.41) is 7.23. The molecule has 0 saturated carbocycles. The van der Waals surface area contributed by atoms with Gasteiger partial charge in [-0.15, -0.1) is 0 Å². The van der Waals surface area contributed by atoms with Crippen LogP contribution >= 0.6 is 0 Å². The summed E-state index contributed by atoms with van der Waals surface area (Å²) in [7, 11) is 0. The van der Waals surface area contributed by atoms with Crippen LogP contribution < -0.4 is 10.6 Å². The Bertz CT molecular complexity index is 161. The van der Waals surface area contributed by atoms with Crippen LogP contribution in [0.4, 0.5) is 0 Å². The molecule has 0 aromatic carbocycles. The Labute approximate surface area is 102 Å². The molecule has 0 bridgehead atoms. The highest BCUT2D eigenvalue weighted by Gasteiger charge is 2.22. The van der Waals surface area contributed by atoms with E-state index in [1.165, 1.54) is 58.2 Å². The minimum absolute atomic E-state index is 0.411. The third kappa shape index (κ3) is 4.06. The molecule has 1 rings (SSSR count). The van der Waals surface area contributed by atoms with E-state index in [0.29, 0.717) is 5.54 Å². The van der Waals surface area contributed by atoms with Gasteiger partial charge in [0.05, 0.1) is 0 Å². The molecule has 0 aliphatic carbocycles. The monoisotopic (exact) mass is 226 g/mol. The molecule has 1 aliphatic rings. The van der Waals surface area contributed by atoms with Crippen molar-refractivity contribution in [2.45, 2.75) is 64.8 Å². The second-order valence-electron chi connectivity index (χ2n) is 5.27. The van der Waals surface area contributed by atoms with Crippen molar-refractivity contribution in [1.29, 1.82) is 0 Å². The first-order chi connectivity index (χ1) is 7.76. The van der Waals surface area contributed by atoms with Gasteiger partial charge in [-0.3, -0.25) is 0 Å². The Morgan fingerprint density at radius 2 is 1.88 bits per heavy atom. The van der Waals surface area contributed by atoms with Gasteiger partial charge in [0.1, 0.15) is 0 Å². The van der Waals surface area contributed by atoms with Crippen LogP contribution in [0.25, 0.3) is 0 Å². The van der Waals surface area contributed by atoms with Gasteiger partial charge < -0.3 is 10.6 Å². The van der Waals surface area contributed by atoms with E-state index in [4.69, 9.17) is 0 Å². The largest absolute Gasteiger partial charge is 0.316 e. The summed E-state index contributed by atoms with van der Waals surface area (Å²) in [4.78, 5) is 0. The quantitative estimate of drug-likeness (QED) is 0.622. The maximum absolute atomic E-state index is 3.79. The zero-order valence-electron chi connectivity index (χ0n) is 11.4. The first kappa shape index (κ1) is 14.0. The fourth-order valence-electron chi connectivity index (χ4n) is 2.83. The van der Waals surface area contributed by atoms with E-state index >= 15 is 0 Å². The van der Waals surface area contributed by atoms with Crippen LogP contribution in [0.1, 0.15) is 59.3 Å². The third-order valence-corrected chi connectivity index (χ3v) is 4.48. The van der Waals surface area contributed by atoms with Gasteiger partial charge in [-0.2, -0.15) is 0 Å². The third-order valence-electron chi connectivity index (χ3n) is 4.48. The minimum atomic E-state index is 0.411. The predicted octanol–water partition coefficient (Wildman–Crippen LogP) is 2.93. The van der Waals surface area contributed by atoms with Crippen molar-refractivity contribution in [3.05, 3.63) is 0 Å². The summed E-state index contributed by atoms with van der Waals surface area (Å²) < 4.78 is 0. The van der Waals surface area contributed by atoms with E-state index in [2.05, 4.69) is 31.4 Å². The van der Waals surface area contributed by atoms with E-state index in [1.54, 1.807) is 0 Å². The van der Waals surface area contributed by atoms with Crippen molar-refractivity contribution in [3.8, 4) is 0 Å². The number of rotatable bonds is 8. The van der Waals surface area contributed by atoms with Gasteiger partial charge in [0.2, 0.25) is 0 Å². The molecule has 0 spiro atoms. The van der Waals surface area contributed by atoms with E-state index < -0.39 is 0 Å². The van der Waals surface area contributed by atoms with E-state index in [0.717, 1.165) is 5.92 Å². The van der Waals surface area contributed by atoms with Crippen LogP contribution in [0.15, 0.2) is 0 Å². The molecule has 0 aromatic rings. The normalized spacial score (nSPS) is 21.6. The molecule has 0 radical (unpaired) electrons. The molecule has 2 N–H and O–H groups in total. The van der Waals surface area contributed by atoms with Gasteiger partial charge in [-0.25, -0.2) is 0 Å². The summed E-state index contributed by atoms with van der Waals surface area (Å²) >= 11 is 0. The molecule has 1 atom stereocenters. The average molecular weight is 226 g/mol. The second-order valence-corrected chi connectivity index (χ2v) is 5.27. The smallest absolute Gasteiger partial charge is 0.0173 e. The fourth-order valence-corrected chi connectivity index (χ4v) is 2.83. The summed E-state index contributed by atoms with van der Waals surface area (Å²) in [6, 6.07) is 0. The molecule has 2 heteroatoms. The lowest BCUT2D eigenvalue weighted by molar-refractivity contribution is 0.285. The fraction of sp³-hybridized carbons (Fsp3) is 1.00. The summed E-state index contributed by atoms with van der Waals surface area (Å²) in [6.07, 6.45) is 7.89. The highest BCUT2D eigenvalue weighted by molar-refractivity contribution is 4.83.